The van der Waals surface area contributed by atoms with Crippen LogP contribution in [-0.4, -0.2) is 64.5 Å². The Bertz CT molecular complexity index is 1320. The topological polar surface area (TPSA) is 138 Å². The van der Waals surface area contributed by atoms with E-state index in [1.54, 1.807) is 39.1 Å². The molecule has 0 saturated heterocycles. The smallest absolute Gasteiger partial charge is 0.348 e. The summed E-state index contributed by atoms with van der Waals surface area (Å²) < 4.78 is 22.8. The highest BCUT2D eigenvalue weighted by Crippen LogP contribution is 2.64. The highest BCUT2D eigenvalue weighted by atomic mass is 16.6. The SMILES string of the molecule is CC(=O)O[C@@H](C(=O)O[C@H]1[C@H](OC(=O)c2cccnc2)[C@@]2(C)C(C)=CCC[C@@H]2[C@@](C)(CCC2=CC(=O)OC2)[C@@]1(C)O)C(C)C. The monoisotopic (exact) mass is 597 g/mol. The zero-order chi connectivity index (χ0) is 31.7. The molecule has 0 bridgehead atoms. The lowest BCUT2D eigenvalue weighted by atomic mass is 9.43. The maximum Gasteiger partial charge on any atom is 0.348 e. The minimum Gasteiger partial charge on any atom is -0.458 e. The number of esters is 4. The van der Waals surface area contributed by atoms with Crippen LogP contribution in [0.25, 0.3) is 0 Å². The van der Waals surface area contributed by atoms with Crippen LogP contribution in [0.15, 0.2) is 47.8 Å². The van der Waals surface area contributed by atoms with E-state index in [1.165, 1.54) is 19.2 Å². The van der Waals surface area contributed by atoms with Crippen LogP contribution in [0.3, 0.4) is 0 Å². The summed E-state index contributed by atoms with van der Waals surface area (Å²) in [4.78, 5) is 54.9. The molecule has 0 aromatic carbocycles. The number of nitrogens with zero attached hydrogens (tertiary/aromatic N) is 1. The van der Waals surface area contributed by atoms with Crippen LogP contribution >= 0.6 is 0 Å². The number of hydrogen-bond acceptors (Lipinski definition) is 10. The lowest BCUT2D eigenvalue weighted by Crippen LogP contribution is -2.73. The Morgan fingerprint density at radius 1 is 1.16 bits per heavy atom. The van der Waals surface area contributed by atoms with Crippen molar-refractivity contribution in [3.8, 4) is 0 Å². The first-order valence-corrected chi connectivity index (χ1v) is 14.9. The number of hydrogen-bond donors (Lipinski definition) is 1. The maximum absolute atomic E-state index is 13.7. The van der Waals surface area contributed by atoms with E-state index in [0.717, 1.165) is 17.6 Å². The fourth-order valence-corrected chi connectivity index (χ4v) is 7.21. The second-order valence-corrected chi connectivity index (χ2v) is 13.0. The van der Waals surface area contributed by atoms with Gasteiger partial charge in [0.25, 0.3) is 0 Å². The number of aliphatic hydroxyl groups is 1. The van der Waals surface area contributed by atoms with E-state index in [0.29, 0.717) is 19.3 Å². The van der Waals surface area contributed by atoms with Gasteiger partial charge in [0.2, 0.25) is 6.10 Å². The molecule has 1 aliphatic heterocycles. The van der Waals surface area contributed by atoms with Gasteiger partial charge in [-0.15, -0.1) is 0 Å². The molecule has 1 aromatic rings. The first-order chi connectivity index (χ1) is 20.1. The molecule has 2 aliphatic carbocycles. The summed E-state index contributed by atoms with van der Waals surface area (Å²) in [7, 11) is 0. The molecule has 0 spiro atoms. The van der Waals surface area contributed by atoms with Gasteiger partial charge in [-0.1, -0.05) is 39.3 Å². The van der Waals surface area contributed by atoms with Gasteiger partial charge in [0.15, 0.2) is 12.2 Å². The number of cyclic esters (lactones) is 1. The number of carbonyl (C=O) groups excluding carboxylic acids is 4. The molecule has 7 atom stereocenters. The molecule has 0 unspecified atom stereocenters. The molecule has 1 aromatic heterocycles. The van der Waals surface area contributed by atoms with Crippen molar-refractivity contribution in [3.63, 3.8) is 0 Å². The summed E-state index contributed by atoms with van der Waals surface area (Å²) in [6.07, 6.45) is 5.26. The summed E-state index contributed by atoms with van der Waals surface area (Å²) >= 11 is 0. The molecule has 10 nitrogen and oxygen atoms in total. The number of carbonyl (C=O) groups is 4. The van der Waals surface area contributed by atoms with Crippen LogP contribution in [0, 0.1) is 22.7 Å². The predicted octanol–water partition coefficient (Wildman–Crippen LogP) is 4.50. The second kappa shape index (κ2) is 12.2. The number of allylic oxidation sites excluding steroid dienone is 1. The molecule has 1 N–H and O–H groups in total. The van der Waals surface area contributed by atoms with Gasteiger partial charge in [0, 0.05) is 42.1 Å². The van der Waals surface area contributed by atoms with Gasteiger partial charge >= 0.3 is 23.9 Å². The van der Waals surface area contributed by atoms with Crippen molar-refractivity contribution >= 4 is 23.9 Å². The summed E-state index contributed by atoms with van der Waals surface area (Å²) in [5.41, 5.74) is -1.44. The molecule has 1 saturated carbocycles. The third-order valence-electron chi connectivity index (χ3n) is 10.0. The van der Waals surface area contributed by atoms with Crippen LogP contribution in [-0.2, 0) is 33.3 Å². The van der Waals surface area contributed by atoms with Gasteiger partial charge in [-0.3, -0.25) is 9.78 Å². The Morgan fingerprint density at radius 2 is 1.88 bits per heavy atom. The maximum atomic E-state index is 13.7. The van der Waals surface area contributed by atoms with E-state index in [1.807, 2.05) is 20.8 Å². The standard InChI is InChI=1S/C33H43NO9/c1-19(2)26(41-21(4)35)30(38)43-28-27(42-29(37)23-11-9-15-34-17-23)32(6)20(3)10-8-12-24(32)31(5,33(28,7)39)14-13-22-16-25(36)40-18-22/h9-11,15-17,19,24,26-28,39H,8,12-14,18H2,1-7H3/t24-,26-,27+,28+,31-,32+,33+/m1/s1. The van der Waals surface area contributed by atoms with Gasteiger partial charge in [-0.25, -0.2) is 14.4 Å². The number of aromatic nitrogens is 1. The molecule has 0 radical (unpaired) electrons. The molecule has 4 rings (SSSR count). The Balaban J connectivity index is 1.83. The first kappa shape index (κ1) is 32.4. The van der Waals surface area contributed by atoms with E-state index in [-0.39, 0.29) is 18.1 Å². The summed E-state index contributed by atoms with van der Waals surface area (Å²) in [5, 5.41) is 12.6. The second-order valence-electron chi connectivity index (χ2n) is 13.0. The lowest BCUT2D eigenvalue weighted by Gasteiger charge is -2.65. The normalized spacial score (nSPS) is 32.6. The first-order valence-electron chi connectivity index (χ1n) is 14.9. The third kappa shape index (κ3) is 5.98. The van der Waals surface area contributed by atoms with Crippen LogP contribution in [0.1, 0.15) is 84.5 Å². The number of rotatable bonds is 9. The van der Waals surface area contributed by atoms with Crippen molar-refractivity contribution < 1.29 is 43.2 Å². The highest BCUT2D eigenvalue weighted by Gasteiger charge is 2.70. The van der Waals surface area contributed by atoms with Gasteiger partial charge in [0.05, 0.1) is 5.56 Å². The molecule has 2 heterocycles. The quantitative estimate of drug-likeness (QED) is 0.246. The van der Waals surface area contributed by atoms with Gasteiger partial charge < -0.3 is 24.1 Å². The fraction of sp³-hybridized carbons (Fsp3) is 0.606. The molecule has 3 aliphatic rings. The lowest BCUT2D eigenvalue weighted by molar-refractivity contribution is -0.277. The Kier molecular flexibility index (Phi) is 9.21. The van der Waals surface area contributed by atoms with E-state index in [9.17, 15) is 24.3 Å². The highest BCUT2D eigenvalue weighted by molar-refractivity contribution is 5.89. The number of ether oxygens (including phenoxy) is 4. The molecular formula is C33H43NO9. The van der Waals surface area contributed by atoms with E-state index in [4.69, 9.17) is 18.9 Å². The van der Waals surface area contributed by atoms with Crippen LogP contribution in [0.4, 0.5) is 0 Å². The summed E-state index contributed by atoms with van der Waals surface area (Å²) in [6.45, 7) is 12.4. The van der Waals surface area contributed by atoms with Gasteiger partial charge in [-0.2, -0.15) is 0 Å². The van der Waals surface area contributed by atoms with E-state index >= 15 is 0 Å². The molecular weight excluding hydrogens is 554 g/mol. The molecule has 1 fully saturated rings. The zero-order valence-electron chi connectivity index (χ0n) is 26.0. The molecule has 10 heteroatoms. The van der Waals surface area contributed by atoms with Crippen molar-refractivity contribution in [2.75, 3.05) is 6.61 Å². The minimum atomic E-state index is -1.72. The fourth-order valence-electron chi connectivity index (χ4n) is 7.21. The zero-order valence-corrected chi connectivity index (χ0v) is 26.0. The van der Waals surface area contributed by atoms with Crippen LogP contribution in [0.5, 0.6) is 0 Å². The van der Waals surface area contributed by atoms with E-state index < -0.39 is 64.5 Å². The summed E-state index contributed by atoms with van der Waals surface area (Å²) in [6, 6.07) is 3.20. The average Bonchev–Trinajstić information content (AvgIpc) is 3.37. The minimum absolute atomic E-state index is 0.195. The molecule has 0 amide bonds. The van der Waals surface area contributed by atoms with Crippen molar-refractivity contribution in [1.82, 2.24) is 4.98 Å². The van der Waals surface area contributed by atoms with Crippen molar-refractivity contribution in [3.05, 3.63) is 53.4 Å². The van der Waals surface area contributed by atoms with E-state index in [2.05, 4.69) is 11.1 Å². The van der Waals surface area contributed by atoms with Crippen molar-refractivity contribution in [2.24, 2.45) is 22.7 Å². The number of fused-ring (bicyclic) bond motifs is 1. The predicted molar refractivity (Wildman–Crippen MR) is 155 cm³/mol. The van der Waals surface area contributed by atoms with Crippen LogP contribution in [0.2, 0.25) is 0 Å². The Morgan fingerprint density at radius 3 is 2.47 bits per heavy atom. The number of pyridine rings is 1. The average molecular weight is 598 g/mol. The van der Waals surface area contributed by atoms with Gasteiger partial charge in [0.1, 0.15) is 12.2 Å². The third-order valence-corrected chi connectivity index (χ3v) is 10.0. The largest absolute Gasteiger partial charge is 0.458 e. The molecule has 234 valence electrons. The summed E-state index contributed by atoms with van der Waals surface area (Å²) in [5.74, 6) is -3.15. The molecule has 43 heavy (non-hydrogen) atoms. The Labute approximate surface area is 252 Å². The Hall–Kier alpha value is -3.53. The van der Waals surface area contributed by atoms with Crippen molar-refractivity contribution in [1.29, 1.82) is 0 Å². The van der Waals surface area contributed by atoms with Gasteiger partial charge in [-0.05, 0) is 63.2 Å². The van der Waals surface area contributed by atoms with Crippen molar-refractivity contribution in [2.45, 2.75) is 98.1 Å². The van der Waals surface area contributed by atoms with Crippen LogP contribution < -0.4 is 0 Å².